The van der Waals surface area contributed by atoms with Crippen molar-refractivity contribution >= 4 is 55.8 Å². The van der Waals surface area contributed by atoms with E-state index in [-0.39, 0.29) is 69.6 Å². The minimum absolute atomic E-state index is 0.00345. The van der Waals surface area contributed by atoms with Gasteiger partial charge in [-0.25, -0.2) is 4.79 Å². The lowest BCUT2D eigenvalue weighted by Crippen LogP contribution is -2.87. The number of aromatic hydroxyl groups is 2. The van der Waals surface area contributed by atoms with Crippen LogP contribution in [0.3, 0.4) is 0 Å². The number of aromatic nitrogens is 1. The molecule has 2 aliphatic heterocycles. The molecule has 1 amide bonds. The first kappa shape index (κ1) is 55.3. The summed E-state index contributed by atoms with van der Waals surface area (Å²) in [5, 5.41) is 75.1. The number of nitrogens with two attached hydrogens (primary N) is 1. The second kappa shape index (κ2) is 23.0. The van der Waals surface area contributed by atoms with E-state index in [1.165, 1.54) is 63.5 Å². The van der Waals surface area contributed by atoms with Crippen molar-refractivity contribution in [2.75, 3.05) is 31.3 Å². The highest BCUT2D eigenvalue weighted by Gasteiger charge is 2.80. The number of phenols is 2. The second-order valence-corrected chi connectivity index (χ2v) is 22.8. The first-order valence-corrected chi connectivity index (χ1v) is 28.3. The van der Waals surface area contributed by atoms with Gasteiger partial charge in [0, 0.05) is 36.7 Å². The van der Waals surface area contributed by atoms with Crippen LogP contribution in [0.15, 0.2) is 149 Å². The van der Waals surface area contributed by atoms with Crippen molar-refractivity contribution in [1.29, 1.82) is 0 Å². The average Bonchev–Trinajstić information content (AvgIpc) is 2.31. The van der Waals surface area contributed by atoms with E-state index >= 15 is 0 Å². The molecule has 11 N–H and O–H groups in total. The maximum atomic E-state index is 14.5. The Kier molecular flexibility index (Phi) is 16.1. The van der Waals surface area contributed by atoms with Crippen molar-refractivity contribution < 1.29 is 63.7 Å². The van der Waals surface area contributed by atoms with Gasteiger partial charge >= 0.3 is 5.97 Å². The van der Waals surface area contributed by atoms with Gasteiger partial charge in [0.15, 0.2) is 11.4 Å². The second-order valence-electron chi connectivity index (χ2n) is 20.3. The number of allylic oxidation sites excluding steroid dienone is 4. The van der Waals surface area contributed by atoms with Crippen LogP contribution in [-0.2, 0) is 25.5 Å². The van der Waals surface area contributed by atoms with Gasteiger partial charge in [-0.05, 0) is 138 Å². The van der Waals surface area contributed by atoms with Gasteiger partial charge in [0.1, 0.15) is 41.1 Å². The lowest BCUT2D eigenvalue weighted by atomic mass is 9.63. The number of fused-ring (bicyclic) bond motifs is 3. The van der Waals surface area contributed by atoms with Crippen LogP contribution in [0.25, 0.3) is 27.7 Å². The minimum Gasteiger partial charge on any atom is -0.508 e. The van der Waals surface area contributed by atoms with E-state index in [1.807, 2.05) is 36.7 Å². The molecule has 2 aromatic heterocycles. The normalized spacial score (nSPS) is 27.8. The van der Waals surface area contributed by atoms with Crippen molar-refractivity contribution in [1.82, 2.24) is 15.6 Å². The Labute approximate surface area is 461 Å². The monoisotopic (exact) mass is 1110 g/mol. The molecule has 6 aromatic rings. The molecule has 412 valence electrons. The molecule has 0 unspecified atom stereocenters. The fourth-order valence-electron chi connectivity index (χ4n) is 11.3. The SMILES string of the molecule is C[C@H](C/C=C1\C=C[C@H](CCNCCc2ccc(O)cc2)c2ccccc21)[C@H]1CN[C@H](O)[C@]2(O)[C@H](Oc3ccc4c(=O)c(-c5ccc(O)cc5)c(C(N)=O)oc4c3)O[C@]3(C(=O)O)C=CC(=O)[C@@]2(OCSSC[C@H]1c1cc[nH]c1)[C@@H]3O. The highest BCUT2D eigenvalue weighted by Crippen LogP contribution is 2.52. The number of rotatable bonds is 15. The molecule has 2 aliphatic carbocycles. The number of amides is 1. The van der Waals surface area contributed by atoms with Crippen LogP contribution in [-0.4, -0.2) is 120 Å². The molecule has 2 bridgehead atoms. The summed E-state index contributed by atoms with van der Waals surface area (Å²) in [6, 6.07) is 26.8. The van der Waals surface area contributed by atoms with Gasteiger partial charge in [-0.2, -0.15) is 0 Å². The number of carboxylic acid groups (broad SMARTS) is 1. The number of primary amides is 1. The largest absolute Gasteiger partial charge is 0.508 e. The highest BCUT2D eigenvalue weighted by molar-refractivity contribution is 8.76. The summed E-state index contributed by atoms with van der Waals surface area (Å²) in [5.41, 5.74) is 1.52. The molecule has 0 radical (unpaired) electrons. The zero-order valence-corrected chi connectivity index (χ0v) is 44.5. The van der Waals surface area contributed by atoms with E-state index in [4.69, 9.17) is 24.4 Å². The third kappa shape index (κ3) is 10.4. The standard InChI is InChI=1S/C59H60N4O14S2/c1-33(6-9-35-10-11-36(43-5-3-2-4-42(35)43)22-26-61-25-21-34-7-14-39(64)15-8-34)45-30-63-54(70)58(73)56(75-41-18-19-44-47(28-41)76-51(52(60)68)49(50(44)67)37-12-16-40(65)17-13-37)77-57(55(71)72)24-20-48(66)59(58,53(57)69)74-32-79-78-31-46(45)38-23-27-62-29-38/h2-5,7-20,23-24,27-29,33,36,45-46,53-54,56,61-65,69-70,73H,6,21-22,25-26,30-32H2,1H3,(H2,60,68)(H,71,72)/b35-9+/t33-,36-,45-,46+,53-,54-,56-,57-,58+,59-/m1/s1. The molecule has 10 atom stereocenters. The number of carbonyl (C=O) groups is 3. The minimum atomic E-state index is -3.15. The molecule has 1 spiro atoms. The summed E-state index contributed by atoms with van der Waals surface area (Å²) in [5.74, 6) is -4.82. The summed E-state index contributed by atoms with van der Waals surface area (Å²) in [6.45, 7) is 3.72. The third-order valence-electron chi connectivity index (χ3n) is 15.7. The number of benzene rings is 4. The number of aliphatic hydroxyl groups is 3. The van der Waals surface area contributed by atoms with Crippen molar-refractivity contribution in [3.05, 3.63) is 178 Å². The van der Waals surface area contributed by atoms with Crippen molar-refractivity contribution in [2.45, 2.75) is 73.4 Å². The number of H-pyrrole nitrogens is 1. The molecule has 0 saturated carbocycles. The molecule has 10 rings (SSSR count). The topological polar surface area (TPSA) is 296 Å². The molecule has 4 aliphatic rings. The smallest absolute Gasteiger partial charge is 0.343 e. The summed E-state index contributed by atoms with van der Waals surface area (Å²) in [6.07, 6.45) is 7.33. The Hall–Kier alpha value is -6.98. The van der Waals surface area contributed by atoms with Crippen LogP contribution in [0.5, 0.6) is 17.2 Å². The van der Waals surface area contributed by atoms with Crippen molar-refractivity contribution in [2.24, 2.45) is 17.6 Å². The van der Waals surface area contributed by atoms with Gasteiger partial charge in [0.05, 0.1) is 10.9 Å². The van der Waals surface area contributed by atoms with Crippen LogP contribution >= 0.6 is 21.6 Å². The number of ketones is 1. The number of aliphatic hydroxyl groups excluding tert-OH is 2. The van der Waals surface area contributed by atoms with Crippen molar-refractivity contribution in [3.63, 3.8) is 0 Å². The number of aliphatic carboxylic acids is 1. The van der Waals surface area contributed by atoms with Crippen molar-refractivity contribution in [3.8, 4) is 28.4 Å². The van der Waals surface area contributed by atoms with Gasteiger partial charge < -0.3 is 65.3 Å². The molecule has 20 heteroatoms. The van der Waals surface area contributed by atoms with Gasteiger partial charge in [0.25, 0.3) is 5.91 Å². The van der Waals surface area contributed by atoms with Crippen LogP contribution in [0.4, 0.5) is 0 Å². The predicted molar refractivity (Wildman–Crippen MR) is 298 cm³/mol. The van der Waals surface area contributed by atoms with Gasteiger partial charge in [0.2, 0.25) is 28.7 Å². The number of hydrogen-bond donors (Lipinski definition) is 10. The molecule has 4 heterocycles. The zero-order chi connectivity index (χ0) is 55.6. The quantitative estimate of drug-likeness (QED) is 0.0388. The van der Waals surface area contributed by atoms with E-state index in [1.54, 1.807) is 12.1 Å². The zero-order valence-electron chi connectivity index (χ0n) is 42.8. The molecule has 18 nitrogen and oxygen atoms in total. The molecular formula is C59H60N4O14S2. The fourth-order valence-corrected chi connectivity index (χ4v) is 13.4. The Balaban J connectivity index is 0.952. The number of aromatic amines is 1. The van der Waals surface area contributed by atoms with Crippen LogP contribution in [0.2, 0.25) is 0 Å². The summed E-state index contributed by atoms with van der Waals surface area (Å²) >= 11 is 0. The Morgan fingerprint density at radius 3 is 2.46 bits per heavy atom. The molecular weight excluding hydrogens is 1050 g/mol. The van der Waals surface area contributed by atoms with Gasteiger partial charge in [-0.3, -0.25) is 19.7 Å². The van der Waals surface area contributed by atoms with Crippen LogP contribution in [0, 0.1) is 11.8 Å². The van der Waals surface area contributed by atoms with Gasteiger partial charge in [-0.1, -0.05) is 95.3 Å². The number of carboxylic acids is 1. The lowest BCUT2D eigenvalue weighted by Gasteiger charge is -2.60. The van der Waals surface area contributed by atoms with Gasteiger partial charge in [-0.15, -0.1) is 0 Å². The maximum absolute atomic E-state index is 14.5. The Morgan fingerprint density at radius 2 is 1.72 bits per heavy atom. The number of nitrogens with one attached hydrogen (secondary N) is 3. The summed E-state index contributed by atoms with van der Waals surface area (Å²) in [7, 11) is 2.59. The Morgan fingerprint density at radius 1 is 0.962 bits per heavy atom. The molecule has 2 fully saturated rings. The summed E-state index contributed by atoms with van der Waals surface area (Å²) < 4.78 is 24.6. The number of hydrogen-bond acceptors (Lipinski definition) is 17. The molecule has 79 heavy (non-hydrogen) atoms. The van der Waals surface area contributed by atoms with E-state index in [0.29, 0.717) is 12.2 Å². The highest BCUT2D eigenvalue weighted by atomic mass is 33.1. The number of ether oxygens (including phenoxy) is 3. The lowest BCUT2D eigenvalue weighted by molar-refractivity contribution is -0.382. The Bertz CT molecular complexity index is 3390. The van der Waals surface area contributed by atoms with E-state index in [2.05, 4.69) is 59.0 Å². The molecule has 2 saturated heterocycles. The number of phenolic OH excluding ortho intramolecular Hbond substituents is 2. The van der Waals surface area contributed by atoms with Crippen LogP contribution < -0.4 is 26.5 Å². The van der Waals surface area contributed by atoms with E-state index in [9.17, 15) is 49.8 Å². The predicted octanol–water partition coefficient (Wildman–Crippen LogP) is 6.49. The van der Waals surface area contributed by atoms with E-state index < -0.39 is 70.2 Å². The maximum Gasteiger partial charge on any atom is 0.343 e. The molecule has 4 aromatic carbocycles. The third-order valence-corrected chi connectivity index (χ3v) is 17.8. The van der Waals surface area contributed by atoms with Crippen LogP contribution in [0.1, 0.15) is 64.4 Å². The first-order valence-electron chi connectivity index (χ1n) is 25.9. The summed E-state index contributed by atoms with van der Waals surface area (Å²) in [4.78, 5) is 57.8. The number of carbonyl (C=O) groups excluding carboxylic acids is 2. The first-order chi connectivity index (χ1) is 38.0. The fraction of sp³-hybridized carbons (Fsp3) is 0.322. The van der Waals surface area contributed by atoms with E-state index in [0.717, 1.165) is 66.4 Å². The average molecular weight is 1110 g/mol.